The van der Waals surface area contributed by atoms with E-state index >= 15 is 0 Å². The normalized spacial score (nSPS) is 12.0. The van der Waals surface area contributed by atoms with Crippen LogP contribution in [0, 0.1) is 0 Å². The lowest BCUT2D eigenvalue weighted by atomic mass is 10.1. The lowest BCUT2D eigenvalue weighted by molar-refractivity contribution is -0.137. The van der Waals surface area contributed by atoms with Gasteiger partial charge in [0.05, 0.1) is 5.56 Å². The molecule has 0 aliphatic heterocycles. The van der Waals surface area contributed by atoms with E-state index in [0.717, 1.165) is 28.8 Å². The predicted molar refractivity (Wildman–Crippen MR) is 73.7 cm³/mol. The first-order chi connectivity index (χ1) is 9.43. The Labute approximate surface area is 118 Å². The molecule has 3 rings (SSSR count). The molecule has 0 unspecified atom stereocenters. The minimum Gasteiger partial charge on any atom is -0.355 e. The minimum atomic E-state index is -4.34. The van der Waals surface area contributed by atoms with Crippen molar-refractivity contribution in [2.24, 2.45) is 0 Å². The van der Waals surface area contributed by atoms with Gasteiger partial charge in [-0.3, -0.25) is 0 Å². The summed E-state index contributed by atoms with van der Waals surface area (Å²) >= 11 is 5.92. The van der Waals surface area contributed by atoms with Crippen molar-refractivity contribution in [1.82, 2.24) is 4.98 Å². The average molecular weight is 296 g/mol. The molecule has 3 aromatic rings. The Hall–Kier alpha value is -1.94. The van der Waals surface area contributed by atoms with Gasteiger partial charge in [0.25, 0.3) is 0 Å². The number of rotatable bonds is 1. The van der Waals surface area contributed by atoms with E-state index < -0.39 is 11.7 Å². The van der Waals surface area contributed by atoms with Crippen LogP contribution < -0.4 is 0 Å². The van der Waals surface area contributed by atoms with Gasteiger partial charge in [-0.25, -0.2) is 0 Å². The summed E-state index contributed by atoms with van der Waals surface area (Å²) in [5.74, 6) is 0. The number of alkyl halides is 3. The summed E-state index contributed by atoms with van der Waals surface area (Å²) in [5.41, 5.74) is 1.36. The molecule has 1 nitrogen and oxygen atoms in total. The van der Waals surface area contributed by atoms with Gasteiger partial charge in [-0.2, -0.15) is 13.2 Å². The molecule has 2 aromatic carbocycles. The second-order valence-corrected chi connectivity index (χ2v) is 4.93. The second kappa shape index (κ2) is 4.56. The molecule has 0 spiro atoms. The number of H-pyrrole nitrogens is 1. The molecular weight excluding hydrogens is 287 g/mol. The predicted octanol–water partition coefficient (Wildman–Crippen LogP) is 5.51. The molecule has 1 heterocycles. The molecular formula is C15H9ClF3N. The van der Waals surface area contributed by atoms with Crippen LogP contribution in [0.2, 0.25) is 5.02 Å². The van der Waals surface area contributed by atoms with E-state index in [1.807, 2.05) is 6.07 Å². The molecule has 0 atom stereocenters. The number of nitrogens with one attached hydrogen (secondary N) is 1. The Morgan fingerprint density at radius 3 is 2.45 bits per heavy atom. The molecule has 102 valence electrons. The van der Waals surface area contributed by atoms with Crippen molar-refractivity contribution in [3.63, 3.8) is 0 Å². The van der Waals surface area contributed by atoms with E-state index in [1.165, 1.54) is 6.07 Å². The highest BCUT2D eigenvalue weighted by Crippen LogP contribution is 2.33. The van der Waals surface area contributed by atoms with Crippen LogP contribution in [0.3, 0.4) is 0 Å². The van der Waals surface area contributed by atoms with Crippen molar-refractivity contribution in [3.05, 3.63) is 59.1 Å². The number of aromatic amines is 1. The van der Waals surface area contributed by atoms with E-state index in [4.69, 9.17) is 11.6 Å². The largest absolute Gasteiger partial charge is 0.416 e. The van der Waals surface area contributed by atoms with Gasteiger partial charge in [-0.1, -0.05) is 29.8 Å². The third-order valence-electron chi connectivity index (χ3n) is 3.09. The van der Waals surface area contributed by atoms with Gasteiger partial charge in [0.1, 0.15) is 0 Å². The molecule has 5 heteroatoms. The summed E-state index contributed by atoms with van der Waals surface area (Å²) in [7, 11) is 0. The Morgan fingerprint density at radius 2 is 1.75 bits per heavy atom. The Bertz CT molecular complexity index is 774. The van der Waals surface area contributed by atoms with Gasteiger partial charge in [0.2, 0.25) is 0 Å². The highest BCUT2D eigenvalue weighted by atomic mass is 35.5. The molecule has 0 bridgehead atoms. The number of benzene rings is 2. The van der Waals surface area contributed by atoms with Crippen LogP contribution in [0.1, 0.15) is 5.56 Å². The summed E-state index contributed by atoms with van der Waals surface area (Å²) in [6, 6.07) is 12.6. The van der Waals surface area contributed by atoms with E-state index in [1.54, 1.807) is 24.3 Å². The lowest BCUT2D eigenvalue weighted by Gasteiger charge is -2.05. The fourth-order valence-electron chi connectivity index (χ4n) is 2.11. The molecule has 0 saturated heterocycles. The fourth-order valence-corrected chi connectivity index (χ4v) is 2.31. The van der Waals surface area contributed by atoms with Gasteiger partial charge in [0, 0.05) is 21.6 Å². The molecule has 1 N–H and O–H groups in total. The second-order valence-electron chi connectivity index (χ2n) is 4.49. The number of fused-ring (bicyclic) bond motifs is 1. The number of hydrogen-bond donors (Lipinski definition) is 1. The zero-order chi connectivity index (χ0) is 14.3. The highest BCUT2D eigenvalue weighted by Gasteiger charge is 2.30. The summed E-state index contributed by atoms with van der Waals surface area (Å²) < 4.78 is 38.0. The van der Waals surface area contributed by atoms with Crippen LogP contribution in [-0.2, 0) is 6.18 Å². The number of hydrogen-bond acceptors (Lipinski definition) is 0. The molecule has 20 heavy (non-hydrogen) atoms. The summed E-state index contributed by atoms with van der Waals surface area (Å²) in [6.45, 7) is 0. The van der Waals surface area contributed by atoms with E-state index in [-0.39, 0.29) is 0 Å². The first-order valence-corrected chi connectivity index (χ1v) is 6.27. The number of aromatic nitrogens is 1. The molecule has 0 aliphatic carbocycles. The molecule has 0 aliphatic rings. The third-order valence-corrected chi connectivity index (χ3v) is 3.32. The summed E-state index contributed by atoms with van der Waals surface area (Å²) in [4.78, 5) is 2.99. The van der Waals surface area contributed by atoms with E-state index in [2.05, 4.69) is 4.98 Å². The van der Waals surface area contributed by atoms with Gasteiger partial charge >= 0.3 is 6.18 Å². The maximum Gasteiger partial charge on any atom is 0.416 e. The van der Waals surface area contributed by atoms with Gasteiger partial charge < -0.3 is 4.98 Å². The zero-order valence-electron chi connectivity index (χ0n) is 10.1. The van der Waals surface area contributed by atoms with Crippen LogP contribution >= 0.6 is 11.6 Å². The monoisotopic (exact) mass is 295 g/mol. The first kappa shape index (κ1) is 13.1. The first-order valence-electron chi connectivity index (χ1n) is 5.89. The molecule has 0 radical (unpaired) electrons. The van der Waals surface area contributed by atoms with Gasteiger partial charge in [0.15, 0.2) is 0 Å². The molecule has 0 amide bonds. The summed E-state index contributed by atoms with van der Waals surface area (Å²) in [6.07, 6.45) is -4.34. The Balaban J connectivity index is 2.11. The summed E-state index contributed by atoms with van der Waals surface area (Å²) in [5, 5.41) is 1.31. The topological polar surface area (TPSA) is 15.8 Å². The SMILES string of the molecule is FC(F)(F)c1ccc2cc(-c3cccc(Cl)c3)[nH]c2c1. The van der Waals surface area contributed by atoms with Crippen molar-refractivity contribution in [3.8, 4) is 11.3 Å². The van der Waals surface area contributed by atoms with Crippen LogP contribution in [0.15, 0.2) is 48.5 Å². The van der Waals surface area contributed by atoms with Crippen LogP contribution in [0.25, 0.3) is 22.2 Å². The number of halogens is 4. The third kappa shape index (κ3) is 2.39. The zero-order valence-corrected chi connectivity index (χ0v) is 10.9. The minimum absolute atomic E-state index is 0.454. The average Bonchev–Trinajstić information content (AvgIpc) is 2.80. The van der Waals surface area contributed by atoms with Crippen molar-refractivity contribution in [2.45, 2.75) is 6.18 Å². The quantitative estimate of drug-likeness (QED) is 0.609. The van der Waals surface area contributed by atoms with Crippen molar-refractivity contribution >= 4 is 22.5 Å². The molecule has 1 aromatic heterocycles. The standard InChI is InChI=1S/C15H9ClF3N/c16-12-3-1-2-9(6-12)13-7-10-4-5-11(15(17,18)19)8-14(10)20-13/h1-8,20H. The van der Waals surface area contributed by atoms with Crippen LogP contribution in [-0.4, -0.2) is 4.98 Å². The Kier molecular flexibility index (Phi) is 2.98. The van der Waals surface area contributed by atoms with E-state index in [9.17, 15) is 13.2 Å². The van der Waals surface area contributed by atoms with E-state index in [0.29, 0.717) is 10.5 Å². The van der Waals surface area contributed by atoms with Gasteiger partial charge in [-0.15, -0.1) is 0 Å². The molecule has 0 saturated carbocycles. The fraction of sp³-hybridized carbons (Fsp3) is 0.0667. The highest BCUT2D eigenvalue weighted by molar-refractivity contribution is 6.30. The maximum atomic E-state index is 12.7. The van der Waals surface area contributed by atoms with Crippen molar-refractivity contribution < 1.29 is 13.2 Å². The van der Waals surface area contributed by atoms with Crippen LogP contribution in [0.4, 0.5) is 13.2 Å². The smallest absolute Gasteiger partial charge is 0.355 e. The van der Waals surface area contributed by atoms with Crippen molar-refractivity contribution in [2.75, 3.05) is 0 Å². The Morgan fingerprint density at radius 1 is 0.950 bits per heavy atom. The van der Waals surface area contributed by atoms with Gasteiger partial charge in [-0.05, 0) is 35.9 Å². The van der Waals surface area contributed by atoms with Crippen LogP contribution in [0.5, 0.6) is 0 Å². The molecule has 0 fully saturated rings. The maximum absolute atomic E-state index is 12.7. The van der Waals surface area contributed by atoms with Crippen molar-refractivity contribution in [1.29, 1.82) is 0 Å². The lowest BCUT2D eigenvalue weighted by Crippen LogP contribution is -2.03.